The van der Waals surface area contributed by atoms with E-state index in [9.17, 15) is 4.79 Å². The van der Waals surface area contributed by atoms with Crippen molar-refractivity contribution in [1.29, 1.82) is 0 Å². The molecule has 15 heavy (non-hydrogen) atoms. The van der Waals surface area contributed by atoms with Crippen LogP contribution in [-0.2, 0) is 10.5 Å². The van der Waals surface area contributed by atoms with Gasteiger partial charge in [-0.2, -0.15) is 0 Å². The maximum Gasteiger partial charge on any atom is 0.306 e. The first-order valence-electron chi connectivity index (χ1n) is 4.40. The highest BCUT2D eigenvalue weighted by molar-refractivity contribution is 5.68. The van der Waals surface area contributed by atoms with Gasteiger partial charge in [0.2, 0.25) is 0 Å². The number of carbonyl (C=O) groups is 1. The molecule has 0 aliphatic carbocycles. The largest absolute Gasteiger partial charge is 0.497 e. The van der Waals surface area contributed by atoms with Crippen molar-refractivity contribution in [2.75, 3.05) is 7.11 Å². The molecule has 5 N–H and O–H groups in total. The number of carboxylic acid groups (broad SMARTS) is 1. The second-order valence-corrected chi connectivity index (χ2v) is 3.34. The Bertz CT molecular complexity index is 346. The van der Waals surface area contributed by atoms with Crippen LogP contribution in [0, 0.1) is 0 Å². The molecule has 0 spiro atoms. The van der Waals surface area contributed by atoms with Crippen LogP contribution in [0.3, 0.4) is 0 Å². The summed E-state index contributed by atoms with van der Waals surface area (Å²) in [6.45, 7) is 0. The summed E-state index contributed by atoms with van der Waals surface area (Å²) < 4.78 is 4.96. The van der Waals surface area contributed by atoms with E-state index in [2.05, 4.69) is 0 Å². The van der Waals surface area contributed by atoms with E-state index in [0.29, 0.717) is 11.3 Å². The van der Waals surface area contributed by atoms with Crippen LogP contribution in [0.15, 0.2) is 24.3 Å². The van der Waals surface area contributed by atoms with Crippen molar-refractivity contribution in [2.45, 2.75) is 12.1 Å². The Morgan fingerprint density at radius 1 is 1.40 bits per heavy atom. The summed E-state index contributed by atoms with van der Waals surface area (Å²) in [5.74, 6) is -0.360. The van der Waals surface area contributed by atoms with Gasteiger partial charge in [-0.25, -0.2) is 0 Å². The predicted octanol–water partition coefficient (Wildman–Crippen LogP) is 0.240. The van der Waals surface area contributed by atoms with Crippen LogP contribution < -0.4 is 16.2 Å². The highest BCUT2D eigenvalue weighted by Gasteiger charge is 2.25. The van der Waals surface area contributed by atoms with Crippen LogP contribution in [0.25, 0.3) is 0 Å². The van der Waals surface area contributed by atoms with Gasteiger partial charge in [0, 0.05) is 0 Å². The Labute approximate surface area is 87.6 Å². The van der Waals surface area contributed by atoms with Gasteiger partial charge in [0.1, 0.15) is 11.4 Å². The lowest BCUT2D eigenvalue weighted by molar-refractivity contribution is -0.138. The van der Waals surface area contributed by atoms with Crippen molar-refractivity contribution in [3.63, 3.8) is 0 Å². The maximum atomic E-state index is 10.5. The molecule has 0 bridgehead atoms. The first kappa shape index (κ1) is 11.5. The fraction of sp³-hybridized carbons (Fsp3) is 0.300. The van der Waals surface area contributed by atoms with E-state index in [4.69, 9.17) is 21.3 Å². The molecule has 0 radical (unpaired) electrons. The number of nitrogens with two attached hydrogens (primary N) is 2. The first-order valence-corrected chi connectivity index (χ1v) is 4.40. The standard InChI is InChI=1S/C10H14N2O3/c1-15-8-4-2-7(3-5-8)10(11,12)6-9(13)14/h2-5H,6,11-12H2,1H3,(H,13,14). The van der Waals surface area contributed by atoms with E-state index in [1.165, 1.54) is 0 Å². The second-order valence-electron chi connectivity index (χ2n) is 3.34. The van der Waals surface area contributed by atoms with Gasteiger partial charge < -0.3 is 21.3 Å². The molecule has 5 heteroatoms. The molecule has 0 saturated heterocycles. The van der Waals surface area contributed by atoms with Gasteiger partial charge in [-0.15, -0.1) is 0 Å². The van der Waals surface area contributed by atoms with E-state index in [1.807, 2.05) is 0 Å². The molecule has 0 saturated carbocycles. The Balaban J connectivity index is 2.89. The van der Waals surface area contributed by atoms with Crippen molar-refractivity contribution in [2.24, 2.45) is 11.5 Å². The molecule has 0 amide bonds. The summed E-state index contributed by atoms with van der Waals surface area (Å²) in [5, 5.41) is 8.63. The highest BCUT2D eigenvalue weighted by Crippen LogP contribution is 2.19. The zero-order valence-electron chi connectivity index (χ0n) is 8.43. The van der Waals surface area contributed by atoms with Crippen molar-refractivity contribution in [1.82, 2.24) is 0 Å². The van der Waals surface area contributed by atoms with Crippen LogP contribution in [0.2, 0.25) is 0 Å². The normalized spacial score (nSPS) is 11.1. The Kier molecular flexibility index (Phi) is 3.28. The number of ether oxygens (including phenoxy) is 1. The summed E-state index contributed by atoms with van der Waals surface area (Å²) in [6.07, 6.45) is -0.320. The Morgan fingerprint density at radius 2 is 1.93 bits per heavy atom. The summed E-state index contributed by atoms with van der Waals surface area (Å²) in [5.41, 5.74) is 10.6. The SMILES string of the molecule is COc1ccc(C(N)(N)CC(=O)O)cc1. The van der Waals surface area contributed by atoms with E-state index < -0.39 is 11.6 Å². The van der Waals surface area contributed by atoms with Crippen LogP contribution in [-0.4, -0.2) is 18.2 Å². The van der Waals surface area contributed by atoms with E-state index >= 15 is 0 Å². The van der Waals surface area contributed by atoms with E-state index in [-0.39, 0.29) is 6.42 Å². The van der Waals surface area contributed by atoms with E-state index in [1.54, 1.807) is 31.4 Å². The lowest BCUT2D eigenvalue weighted by Gasteiger charge is -2.23. The molecule has 0 unspecified atom stereocenters. The maximum absolute atomic E-state index is 10.5. The average Bonchev–Trinajstić information content (AvgIpc) is 2.16. The van der Waals surface area contributed by atoms with Crippen LogP contribution in [0.5, 0.6) is 5.75 Å². The summed E-state index contributed by atoms with van der Waals surface area (Å²) in [7, 11) is 1.55. The van der Waals surface area contributed by atoms with Crippen molar-refractivity contribution in [3.05, 3.63) is 29.8 Å². The third-order valence-corrected chi connectivity index (χ3v) is 2.07. The Hall–Kier alpha value is -1.59. The molecule has 0 atom stereocenters. The Morgan fingerprint density at radius 3 is 2.33 bits per heavy atom. The van der Waals surface area contributed by atoms with Gasteiger partial charge >= 0.3 is 5.97 Å². The molecule has 5 nitrogen and oxygen atoms in total. The summed E-state index contributed by atoms with van der Waals surface area (Å²) >= 11 is 0. The fourth-order valence-electron chi connectivity index (χ4n) is 1.25. The molecule has 1 aromatic rings. The first-order chi connectivity index (χ1) is 6.95. The number of hydrogen-bond donors (Lipinski definition) is 3. The number of benzene rings is 1. The van der Waals surface area contributed by atoms with Gasteiger partial charge in [-0.05, 0) is 17.7 Å². The number of methoxy groups -OCH3 is 1. The summed E-state index contributed by atoms with van der Waals surface area (Å²) in [6, 6.07) is 6.68. The average molecular weight is 210 g/mol. The number of rotatable bonds is 4. The minimum absolute atomic E-state index is 0.320. The molecule has 0 aliphatic heterocycles. The quantitative estimate of drug-likeness (QED) is 0.618. The molecule has 82 valence electrons. The minimum atomic E-state index is -1.35. The zero-order valence-corrected chi connectivity index (χ0v) is 8.43. The highest BCUT2D eigenvalue weighted by atomic mass is 16.5. The van der Waals surface area contributed by atoms with Gasteiger partial charge in [0.15, 0.2) is 0 Å². The van der Waals surface area contributed by atoms with Gasteiger partial charge in [-0.1, -0.05) is 12.1 Å². The third-order valence-electron chi connectivity index (χ3n) is 2.07. The molecular weight excluding hydrogens is 196 g/mol. The van der Waals surface area contributed by atoms with Crippen LogP contribution >= 0.6 is 0 Å². The van der Waals surface area contributed by atoms with Gasteiger partial charge in [-0.3, -0.25) is 4.79 Å². The molecule has 1 rings (SSSR count). The lowest BCUT2D eigenvalue weighted by Crippen LogP contribution is -2.47. The van der Waals surface area contributed by atoms with E-state index in [0.717, 1.165) is 0 Å². The van der Waals surface area contributed by atoms with Gasteiger partial charge in [0.25, 0.3) is 0 Å². The van der Waals surface area contributed by atoms with Crippen molar-refractivity contribution in [3.8, 4) is 5.75 Å². The monoisotopic (exact) mass is 210 g/mol. The molecule has 0 aliphatic rings. The predicted molar refractivity (Wildman–Crippen MR) is 55.3 cm³/mol. The minimum Gasteiger partial charge on any atom is -0.497 e. The number of hydrogen-bond acceptors (Lipinski definition) is 4. The molecular formula is C10H14N2O3. The third kappa shape index (κ3) is 2.93. The molecule has 0 heterocycles. The van der Waals surface area contributed by atoms with Crippen molar-refractivity contribution < 1.29 is 14.6 Å². The number of aliphatic carboxylic acids is 1. The van der Waals surface area contributed by atoms with Crippen LogP contribution in [0.4, 0.5) is 0 Å². The van der Waals surface area contributed by atoms with Crippen LogP contribution in [0.1, 0.15) is 12.0 Å². The van der Waals surface area contributed by atoms with Gasteiger partial charge in [0.05, 0.1) is 13.5 Å². The smallest absolute Gasteiger partial charge is 0.306 e. The molecule has 0 aromatic heterocycles. The lowest BCUT2D eigenvalue weighted by atomic mass is 9.98. The van der Waals surface area contributed by atoms with Crippen molar-refractivity contribution >= 4 is 5.97 Å². The zero-order chi connectivity index (χ0) is 11.5. The topological polar surface area (TPSA) is 98.6 Å². The fourth-order valence-corrected chi connectivity index (χ4v) is 1.25. The second kappa shape index (κ2) is 4.29. The molecule has 1 aromatic carbocycles. The number of carboxylic acids is 1. The summed E-state index contributed by atoms with van der Waals surface area (Å²) in [4.78, 5) is 10.5. The molecule has 0 fully saturated rings.